The fourth-order valence-corrected chi connectivity index (χ4v) is 2.50. The molecule has 21 heavy (non-hydrogen) atoms. The lowest BCUT2D eigenvalue weighted by molar-refractivity contribution is 0.497. The summed E-state index contributed by atoms with van der Waals surface area (Å²) < 4.78 is 41.0. The molecule has 0 amide bonds. The minimum absolute atomic E-state index is 0.0382. The molecule has 0 aromatic heterocycles. The monoisotopic (exact) mass is 313 g/mol. The van der Waals surface area contributed by atoms with Gasteiger partial charge in [0.25, 0.3) is 0 Å². The summed E-state index contributed by atoms with van der Waals surface area (Å²) in [5.41, 5.74) is 0.449. The van der Waals surface area contributed by atoms with Crippen LogP contribution in [0.15, 0.2) is 36.4 Å². The second-order valence-electron chi connectivity index (χ2n) is 4.68. The highest BCUT2D eigenvalue weighted by Crippen LogP contribution is 2.28. The molecule has 1 unspecified atom stereocenters. The molecule has 0 saturated carbocycles. The Bertz CT molecular complexity index is 611. The van der Waals surface area contributed by atoms with Crippen molar-refractivity contribution in [2.45, 2.75) is 19.4 Å². The van der Waals surface area contributed by atoms with Crippen LogP contribution in [0.1, 0.15) is 24.1 Å². The largest absolute Gasteiger partial charge is 0.310 e. The van der Waals surface area contributed by atoms with Crippen molar-refractivity contribution in [1.82, 2.24) is 5.32 Å². The number of nitrogens with one attached hydrogen (secondary N) is 1. The lowest BCUT2D eigenvalue weighted by atomic mass is 9.98. The van der Waals surface area contributed by atoms with E-state index in [-0.39, 0.29) is 12.0 Å². The average Bonchev–Trinajstić information content (AvgIpc) is 2.44. The number of rotatable bonds is 5. The van der Waals surface area contributed by atoms with Crippen molar-refractivity contribution in [3.8, 4) is 0 Å². The maximum absolute atomic E-state index is 13.8. The molecule has 0 radical (unpaired) electrons. The topological polar surface area (TPSA) is 12.0 Å². The summed E-state index contributed by atoms with van der Waals surface area (Å²) in [6.45, 7) is 2.42. The van der Waals surface area contributed by atoms with Crippen molar-refractivity contribution < 1.29 is 13.2 Å². The third-order valence-electron chi connectivity index (χ3n) is 3.25. The summed E-state index contributed by atoms with van der Waals surface area (Å²) in [6.07, 6.45) is 0.0511. The average molecular weight is 314 g/mol. The molecule has 0 heterocycles. The second kappa shape index (κ2) is 6.96. The fraction of sp³-hybridized carbons (Fsp3) is 0.250. The number of benzene rings is 2. The van der Waals surface area contributed by atoms with Gasteiger partial charge in [0.15, 0.2) is 0 Å². The first-order valence-corrected chi connectivity index (χ1v) is 7.02. The van der Waals surface area contributed by atoms with Crippen molar-refractivity contribution in [2.75, 3.05) is 6.54 Å². The Labute approximate surface area is 126 Å². The van der Waals surface area contributed by atoms with Crippen LogP contribution < -0.4 is 5.32 Å². The molecule has 1 nitrogen and oxygen atoms in total. The van der Waals surface area contributed by atoms with Crippen LogP contribution in [0, 0.1) is 17.5 Å². The maximum Gasteiger partial charge on any atom is 0.129 e. The van der Waals surface area contributed by atoms with Gasteiger partial charge in [-0.3, -0.25) is 0 Å². The van der Waals surface area contributed by atoms with Crippen molar-refractivity contribution in [1.29, 1.82) is 0 Å². The second-order valence-corrected chi connectivity index (χ2v) is 5.09. The molecule has 0 aliphatic carbocycles. The molecule has 0 aliphatic heterocycles. The molecule has 0 aliphatic rings. The van der Waals surface area contributed by atoms with Crippen molar-refractivity contribution in [2.24, 2.45) is 0 Å². The van der Waals surface area contributed by atoms with E-state index in [0.29, 0.717) is 17.1 Å². The molecule has 0 fully saturated rings. The Morgan fingerprint density at radius 1 is 1.10 bits per heavy atom. The molecular weight excluding hydrogens is 299 g/mol. The molecule has 5 heteroatoms. The minimum atomic E-state index is -0.620. The smallest absolute Gasteiger partial charge is 0.129 e. The molecule has 1 atom stereocenters. The van der Waals surface area contributed by atoms with Crippen LogP contribution in [0.4, 0.5) is 13.2 Å². The molecular formula is C16H15ClF3N. The Kier molecular flexibility index (Phi) is 5.26. The summed E-state index contributed by atoms with van der Waals surface area (Å²) in [6, 6.07) is 7.22. The Balaban J connectivity index is 2.38. The maximum atomic E-state index is 13.8. The third-order valence-corrected chi connectivity index (χ3v) is 3.60. The van der Waals surface area contributed by atoms with Gasteiger partial charge in [-0.1, -0.05) is 24.6 Å². The van der Waals surface area contributed by atoms with Gasteiger partial charge >= 0.3 is 0 Å². The van der Waals surface area contributed by atoms with Crippen LogP contribution >= 0.6 is 11.6 Å². The first-order chi connectivity index (χ1) is 10.0. The van der Waals surface area contributed by atoms with Gasteiger partial charge in [-0.25, -0.2) is 13.2 Å². The first kappa shape index (κ1) is 15.9. The lowest BCUT2D eigenvalue weighted by Crippen LogP contribution is -2.24. The number of hydrogen-bond donors (Lipinski definition) is 1. The quantitative estimate of drug-likeness (QED) is 0.847. The summed E-state index contributed by atoms with van der Waals surface area (Å²) in [5.74, 6) is -1.68. The van der Waals surface area contributed by atoms with E-state index in [0.717, 1.165) is 0 Å². The number of halogens is 4. The van der Waals surface area contributed by atoms with Crippen molar-refractivity contribution in [3.05, 3.63) is 70.0 Å². The predicted octanol–water partition coefficient (Wildman–Crippen LogP) is 4.65. The van der Waals surface area contributed by atoms with Crippen LogP contribution in [-0.4, -0.2) is 6.54 Å². The van der Waals surface area contributed by atoms with Gasteiger partial charge in [0, 0.05) is 16.6 Å². The summed E-state index contributed by atoms with van der Waals surface area (Å²) in [7, 11) is 0. The summed E-state index contributed by atoms with van der Waals surface area (Å²) in [5, 5.41) is 3.45. The molecule has 1 N–H and O–H groups in total. The van der Waals surface area contributed by atoms with Gasteiger partial charge < -0.3 is 5.32 Å². The molecule has 112 valence electrons. The molecule has 2 rings (SSSR count). The number of likely N-dealkylation sites (N-methyl/N-ethyl adjacent to an activating group) is 1. The van der Waals surface area contributed by atoms with E-state index < -0.39 is 23.5 Å². The predicted molar refractivity (Wildman–Crippen MR) is 77.9 cm³/mol. The standard InChI is InChI=1S/C16H15ClF3N/c1-2-21-16(11-8-10(18)6-7-13(11)17)9-12-14(19)4-3-5-15(12)20/h3-8,16,21H,2,9H2,1H3. The highest BCUT2D eigenvalue weighted by Gasteiger charge is 2.19. The first-order valence-electron chi connectivity index (χ1n) is 6.64. The Morgan fingerprint density at radius 2 is 1.76 bits per heavy atom. The highest BCUT2D eigenvalue weighted by atomic mass is 35.5. The Hall–Kier alpha value is -1.52. The number of hydrogen-bond acceptors (Lipinski definition) is 1. The SMILES string of the molecule is CCNC(Cc1c(F)cccc1F)c1cc(F)ccc1Cl. The summed E-state index contributed by atoms with van der Waals surface area (Å²) in [4.78, 5) is 0. The Morgan fingerprint density at radius 3 is 2.38 bits per heavy atom. The molecule has 2 aromatic carbocycles. The molecule has 0 bridgehead atoms. The molecule has 2 aromatic rings. The van der Waals surface area contributed by atoms with E-state index in [2.05, 4.69) is 5.32 Å². The van der Waals surface area contributed by atoms with E-state index in [1.807, 2.05) is 6.92 Å². The third kappa shape index (κ3) is 3.77. The van der Waals surface area contributed by atoms with Crippen LogP contribution in [-0.2, 0) is 6.42 Å². The lowest BCUT2D eigenvalue weighted by Gasteiger charge is -2.20. The zero-order chi connectivity index (χ0) is 15.4. The molecule has 0 spiro atoms. The minimum Gasteiger partial charge on any atom is -0.310 e. The normalized spacial score (nSPS) is 12.4. The zero-order valence-electron chi connectivity index (χ0n) is 11.5. The van der Waals surface area contributed by atoms with Crippen LogP contribution in [0.3, 0.4) is 0 Å². The fourth-order valence-electron chi connectivity index (χ4n) is 2.25. The van der Waals surface area contributed by atoms with Gasteiger partial charge in [-0.15, -0.1) is 0 Å². The van der Waals surface area contributed by atoms with Crippen molar-refractivity contribution >= 4 is 11.6 Å². The van der Waals surface area contributed by atoms with Gasteiger partial charge in [0.05, 0.1) is 0 Å². The van der Waals surface area contributed by atoms with Gasteiger partial charge in [-0.2, -0.15) is 0 Å². The van der Waals surface area contributed by atoms with E-state index in [9.17, 15) is 13.2 Å². The van der Waals surface area contributed by atoms with E-state index in [4.69, 9.17) is 11.6 Å². The van der Waals surface area contributed by atoms with Crippen LogP contribution in [0.5, 0.6) is 0 Å². The van der Waals surface area contributed by atoms with Gasteiger partial charge in [0.2, 0.25) is 0 Å². The van der Waals surface area contributed by atoms with E-state index >= 15 is 0 Å². The van der Waals surface area contributed by atoms with E-state index in [1.54, 1.807) is 0 Å². The van der Waals surface area contributed by atoms with Gasteiger partial charge in [-0.05, 0) is 48.9 Å². The van der Waals surface area contributed by atoms with Gasteiger partial charge in [0.1, 0.15) is 17.5 Å². The van der Waals surface area contributed by atoms with Crippen LogP contribution in [0.2, 0.25) is 5.02 Å². The van der Waals surface area contributed by atoms with Crippen molar-refractivity contribution in [3.63, 3.8) is 0 Å². The zero-order valence-corrected chi connectivity index (χ0v) is 12.2. The summed E-state index contributed by atoms with van der Waals surface area (Å²) >= 11 is 6.08. The van der Waals surface area contributed by atoms with E-state index in [1.165, 1.54) is 36.4 Å². The van der Waals surface area contributed by atoms with Crippen LogP contribution in [0.25, 0.3) is 0 Å². The highest BCUT2D eigenvalue weighted by molar-refractivity contribution is 6.31. The molecule has 0 saturated heterocycles.